The number of rotatable bonds is 4. The maximum atomic E-state index is 13.5. The fourth-order valence-corrected chi connectivity index (χ4v) is 2.68. The summed E-state index contributed by atoms with van der Waals surface area (Å²) < 4.78 is 39.6. The van der Waals surface area contributed by atoms with Gasteiger partial charge in [-0.3, -0.25) is 4.72 Å². The van der Waals surface area contributed by atoms with Gasteiger partial charge in [0.2, 0.25) is 5.03 Å². The van der Waals surface area contributed by atoms with Gasteiger partial charge in [0.25, 0.3) is 10.0 Å². The van der Waals surface area contributed by atoms with Crippen molar-refractivity contribution in [2.45, 2.75) is 5.03 Å². The van der Waals surface area contributed by atoms with Gasteiger partial charge >= 0.3 is 5.97 Å². The highest BCUT2D eigenvalue weighted by Crippen LogP contribution is 2.22. The number of sulfonamides is 1. The summed E-state index contributed by atoms with van der Waals surface area (Å²) in [5.41, 5.74) is 5.02. The molecule has 0 radical (unpaired) electrons. The summed E-state index contributed by atoms with van der Waals surface area (Å²) in [4.78, 5) is 14.5. The molecule has 110 valence electrons. The highest BCUT2D eigenvalue weighted by Gasteiger charge is 2.23. The van der Waals surface area contributed by atoms with Crippen molar-refractivity contribution in [1.82, 2.24) is 4.98 Å². The van der Waals surface area contributed by atoms with Crippen molar-refractivity contribution in [3.8, 4) is 0 Å². The molecule has 0 saturated carbocycles. The summed E-state index contributed by atoms with van der Waals surface area (Å²) in [5, 5.41) is 8.21. The molecule has 0 bridgehead atoms. The highest BCUT2D eigenvalue weighted by atomic mass is 32.2. The van der Waals surface area contributed by atoms with Crippen LogP contribution in [0.15, 0.2) is 41.6 Å². The molecule has 0 atom stereocenters. The SMILES string of the molecule is Nc1ccc(NS(=O)(=O)c2ncccc2F)c(C(=O)O)c1. The smallest absolute Gasteiger partial charge is 0.337 e. The van der Waals surface area contributed by atoms with Crippen molar-refractivity contribution in [3.63, 3.8) is 0 Å². The minimum Gasteiger partial charge on any atom is -0.478 e. The minimum atomic E-state index is -4.35. The third-order valence-electron chi connectivity index (χ3n) is 2.50. The number of aromatic nitrogens is 1. The molecule has 1 heterocycles. The van der Waals surface area contributed by atoms with Gasteiger partial charge in [0.15, 0.2) is 5.82 Å². The van der Waals surface area contributed by atoms with Crippen molar-refractivity contribution in [3.05, 3.63) is 47.9 Å². The lowest BCUT2D eigenvalue weighted by atomic mass is 10.1. The molecule has 2 rings (SSSR count). The van der Waals surface area contributed by atoms with Crippen LogP contribution in [0.2, 0.25) is 0 Å². The molecule has 0 unspecified atom stereocenters. The van der Waals surface area contributed by atoms with Crippen LogP contribution in [0, 0.1) is 5.82 Å². The summed E-state index contributed by atoms with van der Waals surface area (Å²) in [6.45, 7) is 0. The van der Waals surface area contributed by atoms with Crippen molar-refractivity contribution in [2.75, 3.05) is 10.5 Å². The first-order valence-corrected chi connectivity index (χ1v) is 7.06. The standard InChI is InChI=1S/C12H10FN3O4S/c13-9-2-1-5-15-11(9)21(19,20)16-10-4-3-7(14)6-8(10)12(17)18/h1-6,16H,14H2,(H,17,18). The molecule has 1 aromatic carbocycles. The fourth-order valence-electron chi connectivity index (χ4n) is 1.59. The number of nitrogen functional groups attached to an aromatic ring is 1. The molecule has 0 aliphatic heterocycles. The molecule has 0 aliphatic carbocycles. The predicted octanol–water partition coefficient (Wildman–Crippen LogP) is 1.30. The zero-order valence-corrected chi connectivity index (χ0v) is 11.3. The van der Waals surface area contributed by atoms with Crippen LogP contribution >= 0.6 is 0 Å². The van der Waals surface area contributed by atoms with Gasteiger partial charge in [0, 0.05) is 11.9 Å². The molecule has 21 heavy (non-hydrogen) atoms. The molecule has 0 spiro atoms. The van der Waals surface area contributed by atoms with Gasteiger partial charge in [-0.1, -0.05) is 0 Å². The van der Waals surface area contributed by atoms with Crippen LogP contribution in [0.1, 0.15) is 10.4 Å². The van der Waals surface area contributed by atoms with Crippen LogP contribution in [-0.2, 0) is 10.0 Å². The molecule has 0 amide bonds. The Hall–Kier alpha value is -2.68. The van der Waals surface area contributed by atoms with Gasteiger partial charge in [-0.05, 0) is 30.3 Å². The molecule has 0 fully saturated rings. The Morgan fingerprint density at radius 1 is 1.33 bits per heavy atom. The maximum Gasteiger partial charge on any atom is 0.337 e. The van der Waals surface area contributed by atoms with Gasteiger partial charge in [0.1, 0.15) is 0 Å². The van der Waals surface area contributed by atoms with Gasteiger partial charge in [-0.2, -0.15) is 8.42 Å². The van der Waals surface area contributed by atoms with Crippen LogP contribution in [0.3, 0.4) is 0 Å². The largest absolute Gasteiger partial charge is 0.478 e. The number of carboxylic acid groups (broad SMARTS) is 1. The number of nitrogens with zero attached hydrogens (tertiary/aromatic N) is 1. The molecule has 9 heteroatoms. The molecule has 1 aromatic heterocycles. The number of benzene rings is 1. The molecule has 2 aromatic rings. The molecular formula is C12H10FN3O4S. The van der Waals surface area contributed by atoms with Crippen LogP contribution in [0.5, 0.6) is 0 Å². The summed E-state index contributed by atoms with van der Waals surface area (Å²) >= 11 is 0. The van der Waals surface area contributed by atoms with E-state index in [2.05, 4.69) is 4.98 Å². The van der Waals surface area contributed by atoms with E-state index >= 15 is 0 Å². The summed E-state index contributed by atoms with van der Waals surface area (Å²) in [5.74, 6) is -2.42. The van der Waals surface area contributed by atoms with Gasteiger partial charge < -0.3 is 10.8 Å². The lowest BCUT2D eigenvalue weighted by Crippen LogP contribution is -2.18. The summed E-state index contributed by atoms with van der Waals surface area (Å²) in [6, 6.07) is 5.76. The number of nitrogens with two attached hydrogens (primary N) is 1. The normalized spacial score (nSPS) is 11.1. The molecular weight excluding hydrogens is 301 g/mol. The summed E-state index contributed by atoms with van der Waals surface area (Å²) in [6.07, 6.45) is 1.11. The van der Waals surface area contributed by atoms with E-state index in [4.69, 9.17) is 10.8 Å². The van der Waals surface area contributed by atoms with E-state index < -0.39 is 26.8 Å². The number of carbonyl (C=O) groups is 1. The fraction of sp³-hybridized carbons (Fsp3) is 0. The number of halogens is 1. The monoisotopic (exact) mass is 311 g/mol. The Kier molecular flexibility index (Phi) is 3.76. The second-order valence-corrected chi connectivity index (χ2v) is 5.60. The highest BCUT2D eigenvalue weighted by molar-refractivity contribution is 7.92. The van der Waals surface area contributed by atoms with E-state index in [1.165, 1.54) is 18.2 Å². The topological polar surface area (TPSA) is 122 Å². The number of aromatic carboxylic acids is 1. The van der Waals surface area contributed by atoms with Crippen LogP contribution in [0.4, 0.5) is 15.8 Å². The van der Waals surface area contributed by atoms with Crippen molar-refractivity contribution in [2.24, 2.45) is 0 Å². The molecule has 0 aliphatic rings. The quantitative estimate of drug-likeness (QED) is 0.731. The lowest BCUT2D eigenvalue weighted by molar-refractivity contribution is 0.0698. The van der Waals surface area contributed by atoms with Gasteiger partial charge in [0.05, 0.1) is 11.3 Å². The second-order valence-electron chi connectivity index (χ2n) is 4.01. The van der Waals surface area contributed by atoms with Gasteiger partial charge in [-0.15, -0.1) is 0 Å². The van der Waals surface area contributed by atoms with E-state index in [9.17, 15) is 17.6 Å². The van der Waals surface area contributed by atoms with Crippen LogP contribution in [-0.4, -0.2) is 24.5 Å². The van der Waals surface area contributed by atoms with Crippen molar-refractivity contribution in [1.29, 1.82) is 0 Å². The Balaban J connectivity index is 2.47. The van der Waals surface area contributed by atoms with Crippen LogP contribution < -0.4 is 10.5 Å². The average Bonchev–Trinajstić information content (AvgIpc) is 2.40. The number of hydrogen-bond acceptors (Lipinski definition) is 5. The molecule has 7 nitrogen and oxygen atoms in total. The first kappa shape index (κ1) is 14.7. The van der Waals surface area contributed by atoms with Crippen molar-refractivity contribution < 1.29 is 22.7 Å². The number of hydrogen-bond donors (Lipinski definition) is 3. The number of pyridine rings is 1. The number of carboxylic acids is 1. The Morgan fingerprint density at radius 3 is 2.67 bits per heavy atom. The number of anilines is 2. The first-order chi connectivity index (χ1) is 9.81. The van der Waals surface area contributed by atoms with Crippen molar-refractivity contribution >= 4 is 27.4 Å². The lowest BCUT2D eigenvalue weighted by Gasteiger charge is -2.10. The Labute approximate surface area is 119 Å². The Bertz CT molecular complexity index is 808. The number of nitrogens with one attached hydrogen (secondary N) is 1. The third kappa shape index (κ3) is 3.08. The van der Waals surface area contributed by atoms with E-state index in [1.807, 2.05) is 4.72 Å². The zero-order chi connectivity index (χ0) is 15.6. The first-order valence-electron chi connectivity index (χ1n) is 5.57. The van der Waals surface area contributed by atoms with Gasteiger partial charge in [-0.25, -0.2) is 14.2 Å². The van der Waals surface area contributed by atoms with E-state index in [1.54, 1.807) is 0 Å². The third-order valence-corrected chi connectivity index (χ3v) is 3.80. The molecule has 4 N–H and O–H groups in total. The van der Waals surface area contributed by atoms with Crippen LogP contribution in [0.25, 0.3) is 0 Å². The van der Waals surface area contributed by atoms with E-state index in [0.717, 1.165) is 18.3 Å². The maximum absolute atomic E-state index is 13.5. The second kappa shape index (κ2) is 5.37. The minimum absolute atomic E-state index is 0.152. The molecule has 0 saturated heterocycles. The summed E-state index contributed by atoms with van der Waals surface area (Å²) in [7, 11) is -4.35. The zero-order valence-electron chi connectivity index (χ0n) is 10.4. The average molecular weight is 311 g/mol. The Morgan fingerprint density at radius 2 is 2.05 bits per heavy atom. The predicted molar refractivity (Wildman–Crippen MR) is 72.8 cm³/mol. The van der Waals surface area contributed by atoms with E-state index in [0.29, 0.717) is 0 Å². The van der Waals surface area contributed by atoms with E-state index in [-0.39, 0.29) is 16.9 Å².